The number of hydrogen-bond donors (Lipinski definition) is 0. The van der Waals surface area contributed by atoms with Crippen LogP contribution in [0.5, 0.6) is 0 Å². The van der Waals surface area contributed by atoms with Gasteiger partial charge in [0.25, 0.3) is 0 Å². The maximum absolute atomic E-state index is 10.3. The molecule has 0 radical (unpaired) electrons. The molecule has 0 aliphatic heterocycles. The van der Waals surface area contributed by atoms with Crippen molar-refractivity contribution in [2.75, 3.05) is 0 Å². The third-order valence-corrected chi connectivity index (χ3v) is 7.30. The predicted molar refractivity (Wildman–Crippen MR) is 149 cm³/mol. The zero-order valence-corrected chi connectivity index (χ0v) is 21.5. The fourth-order valence-corrected chi connectivity index (χ4v) is 5.62. The fraction of sp³-hybridized carbons (Fsp3) is 0.0588. The van der Waals surface area contributed by atoms with Gasteiger partial charge in [-0.15, -0.1) is 0 Å². The molecule has 42 heavy (non-hydrogen) atoms. The first-order valence-corrected chi connectivity index (χ1v) is 12.3. The Morgan fingerprint density at radius 3 is 1.74 bits per heavy atom. The molecule has 8 nitrogen and oxygen atoms in total. The van der Waals surface area contributed by atoms with Crippen LogP contribution in [0, 0.1) is 96.6 Å². The number of nitrogens with zero attached hydrogens (tertiary/aromatic N) is 8. The third-order valence-electron chi connectivity index (χ3n) is 7.30. The molecule has 0 heterocycles. The van der Waals surface area contributed by atoms with Crippen LogP contribution in [0.2, 0.25) is 0 Å². The molecule has 0 spiro atoms. The Hall–Kier alpha value is -7.20. The lowest BCUT2D eigenvalue weighted by Crippen LogP contribution is -2.10. The molecule has 3 aromatic rings. The number of hydrogen-bond acceptors (Lipinski definition) is 8. The van der Waals surface area contributed by atoms with E-state index in [1.807, 2.05) is 24.3 Å². The standard InChI is InChI=1S/C34H12N8/c35-11-19-3-1-5-21(7-19)31-29(17-41)25-9-26-28(10-27(25)33(31)23(13-37)14-38)34(24(15-39)16-40)32(30(26)18-42)22-6-2-4-20(8-22)12-36/h1-10,23,33H. The molecule has 1 atom stereocenters. The van der Waals surface area contributed by atoms with Gasteiger partial charge in [0.15, 0.2) is 0 Å². The minimum atomic E-state index is -1.22. The smallest absolute Gasteiger partial charge is 0.144 e. The Kier molecular flexibility index (Phi) is 6.61. The first-order valence-electron chi connectivity index (χ1n) is 12.3. The number of benzene rings is 3. The Morgan fingerprint density at radius 2 is 1.19 bits per heavy atom. The van der Waals surface area contributed by atoms with Crippen molar-refractivity contribution in [1.82, 2.24) is 0 Å². The van der Waals surface area contributed by atoms with Gasteiger partial charge in [-0.3, -0.25) is 0 Å². The summed E-state index contributed by atoms with van der Waals surface area (Å²) < 4.78 is 0. The summed E-state index contributed by atoms with van der Waals surface area (Å²) in [5.74, 6) is -2.11. The van der Waals surface area contributed by atoms with E-state index in [-0.39, 0.29) is 22.3 Å². The zero-order valence-electron chi connectivity index (χ0n) is 21.5. The van der Waals surface area contributed by atoms with Crippen LogP contribution in [0.15, 0.2) is 66.2 Å². The van der Waals surface area contributed by atoms with E-state index in [0.29, 0.717) is 55.7 Å². The summed E-state index contributed by atoms with van der Waals surface area (Å²) in [6.45, 7) is 0. The van der Waals surface area contributed by atoms with Crippen molar-refractivity contribution in [3.8, 4) is 48.6 Å². The number of allylic oxidation sites excluding steroid dienone is 6. The second-order valence-corrected chi connectivity index (χ2v) is 9.32. The summed E-state index contributed by atoms with van der Waals surface area (Å²) in [4.78, 5) is 0. The Balaban J connectivity index is 1.90. The van der Waals surface area contributed by atoms with E-state index in [1.165, 1.54) is 0 Å². The summed E-state index contributed by atoms with van der Waals surface area (Å²) in [5.41, 5.74) is 4.14. The average Bonchev–Trinajstić information content (AvgIpc) is 3.53. The van der Waals surface area contributed by atoms with Gasteiger partial charge in [0.05, 0.1) is 46.5 Å². The van der Waals surface area contributed by atoms with Gasteiger partial charge >= 0.3 is 0 Å². The Labute approximate surface area is 240 Å². The van der Waals surface area contributed by atoms with Crippen LogP contribution >= 0.6 is 0 Å². The molecule has 0 saturated carbocycles. The highest BCUT2D eigenvalue weighted by Crippen LogP contribution is 2.55. The fourth-order valence-electron chi connectivity index (χ4n) is 5.62. The van der Waals surface area contributed by atoms with E-state index >= 15 is 0 Å². The van der Waals surface area contributed by atoms with Crippen molar-refractivity contribution in [3.05, 3.63) is 111 Å². The molecule has 3 aromatic carbocycles. The van der Waals surface area contributed by atoms with Crippen LogP contribution < -0.4 is 0 Å². The summed E-state index contributed by atoms with van der Waals surface area (Å²) >= 11 is 0. The normalized spacial score (nSPS) is 14.2. The molecule has 0 N–H and O–H groups in total. The SMILES string of the molecule is N#CC(C#N)=C1C(c2cccc(C#N)c2)=C(C#N)c2cc3c(cc21)C(C(C#N)C#N)C(c1cccc(C#N)c1)=C3C#N. The highest BCUT2D eigenvalue weighted by Gasteiger charge is 2.41. The molecule has 5 rings (SSSR count). The topological polar surface area (TPSA) is 190 Å². The van der Waals surface area contributed by atoms with Gasteiger partial charge in [0, 0.05) is 22.6 Å². The van der Waals surface area contributed by atoms with Crippen molar-refractivity contribution in [1.29, 1.82) is 42.1 Å². The quantitative estimate of drug-likeness (QED) is 0.374. The van der Waals surface area contributed by atoms with E-state index < -0.39 is 11.8 Å². The van der Waals surface area contributed by atoms with Crippen molar-refractivity contribution < 1.29 is 0 Å². The molecule has 1 unspecified atom stereocenters. The van der Waals surface area contributed by atoms with E-state index in [0.717, 1.165) is 0 Å². The van der Waals surface area contributed by atoms with E-state index in [9.17, 15) is 42.1 Å². The molecule has 188 valence electrons. The van der Waals surface area contributed by atoms with Crippen LogP contribution in [-0.2, 0) is 0 Å². The molecule has 0 aromatic heterocycles. The molecule has 2 aliphatic carbocycles. The lowest BCUT2D eigenvalue weighted by atomic mass is 9.80. The van der Waals surface area contributed by atoms with Crippen molar-refractivity contribution in [2.24, 2.45) is 5.92 Å². The van der Waals surface area contributed by atoms with Crippen LogP contribution in [0.4, 0.5) is 0 Å². The molecule has 0 fully saturated rings. The van der Waals surface area contributed by atoms with Gasteiger partial charge in [0.1, 0.15) is 35.8 Å². The highest BCUT2D eigenvalue weighted by molar-refractivity contribution is 6.26. The maximum atomic E-state index is 10.3. The van der Waals surface area contributed by atoms with Gasteiger partial charge in [-0.25, -0.2) is 0 Å². The molecular formula is C34H12N8. The summed E-state index contributed by atoms with van der Waals surface area (Å²) in [7, 11) is 0. The molecular weight excluding hydrogens is 520 g/mol. The molecule has 8 heteroatoms. The monoisotopic (exact) mass is 532 g/mol. The summed E-state index contributed by atoms with van der Waals surface area (Å²) in [5, 5.41) is 79.4. The van der Waals surface area contributed by atoms with Crippen LogP contribution in [0.25, 0.3) is 27.9 Å². The van der Waals surface area contributed by atoms with E-state index in [4.69, 9.17) is 0 Å². The lowest BCUT2D eigenvalue weighted by molar-refractivity contribution is 0.757. The third kappa shape index (κ3) is 3.85. The van der Waals surface area contributed by atoms with Crippen molar-refractivity contribution in [2.45, 2.75) is 5.92 Å². The second-order valence-electron chi connectivity index (χ2n) is 9.32. The van der Waals surface area contributed by atoms with Crippen LogP contribution in [-0.4, -0.2) is 0 Å². The molecule has 0 saturated heterocycles. The molecule has 0 amide bonds. The zero-order chi connectivity index (χ0) is 30.0. The van der Waals surface area contributed by atoms with Crippen molar-refractivity contribution in [3.63, 3.8) is 0 Å². The number of fused-ring (bicyclic) bond motifs is 2. The second kappa shape index (κ2) is 10.5. The van der Waals surface area contributed by atoms with E-state index in [2.05, 4.69) is 24.3 Å². The predicted octanol–water partition coefficient (Wildman–Crippen LogP) is 5.87. The van der Waals surface area contributed by atoms with Gasteiger partial charge in [0.2, 0.25) is 0 Å². The van der Waals surface area contributed by atoms with E-state index in [1.54, 1.807) is 60.7 Å². The van der Waals surface area contributed by atoms with Crippen LogP contribution in [0.1, 0.15) is 50.4 Å². The van der Waals surface area contributed by atoms with Crippen molar-refractivity contribution >= 4 is 27.9 Å². The summed E-state index contributed by atoms with van der Waals surface area (Å²) in [6, 6.07) is 32.6. The van der Waals surface area contributed by atoms with Gasteiger partial charge < -0.3 is 0 Å². The first kappa shape index (κ1) is 26.4. The minimum absolute atomic E-state index is 0.145. The first-order chi connectivity index (χ1) is 20.5. The highest BCUT2D eigenvalue weighted by atomic mass is 14.5. The van der Waals surface area contributed by atoms with Gasteiger partial charge in [-0.1, -0.05) is 24.3 Å². The Morgan fingerprint density at radius 1 is 0.595 bits per heavy atom. The number of rotatable bonds is 3. The minimum Gasteiger partial charge on any atom is -0.197 e. The van der Waals surface area contributed by atoms with Gasteiger partial charge in [-0.2, -0.15) is 42.1 Å². The molecule has 2 aliphatic rings. The molecule has 0 bridgehead atoms. The number of nitriles is 8. The van der Waals surface area contributed by atoms with Crippen LogP contribution in [0.3, 0.4) is 0 Å². The van der Waals surface area contributed by atoms with Gasteiger partial charge in [-0.05, 0) is 69.8 Å². The summed E-state index contributed by atoms with van der Waals surface area (Å²) in [6.07, 6.45) is 0. The maximum Gasteiger partial charge on any atom is 0.144 e. The lowest BCUT2D eigenvalue weighted by Gasteiger charge is -2.19. The largest absolute Gasteiger partial charge is 0.197 e. The Bertz CT molecular complexity index is 2160. The average molecular weight is 533 g/mol.